The Hall–Kier alpha value is -2.75. The minimum atomic E-state index is -0.927. The molecule has 1 unspecified atom stereocenters. The molecule has 1 saturated heterocycles. The Morgan fingerprint density at radius 2 is 2.19 bits per heavy atom. The number of aryl methyl sites for hydroxylation is 1. The topological polar surface area (TPSA) is 80.5 Å². The summed E-state index contributed by atoms with van der Waals surface area (Å²) in [5.41, 5.74) is 0.222. The molecule has 1 N–H and O–H groups in total. The highest BCUT2D eigenvalue weighted by Gasteiger charge is 2.52. The lowest BCUT2D eigenvalue weighted by atomic mass is 9.72. The molecule has 2 aromatic heterocycles. The van der Waals surface area contributed by atoms with Crippen LogP contribution in [0.1, 0.15) is 39.3 Å². The lowest BCUT2D eigenvalue weighted by Gasteiger charge is -2.46. The summed E-state index contributed by atoms with van der Waals surface area (Å²) in [6.45, 7) is 6.79. The summed E-state index contributed by atoms with van der Waals surface area (Å²) in [7, 11) is 1.87. The summed E-state index contributed by atoms with van der Waals surface area (Å²) in [4.78, 5) is 22.0. The lowest BCUT2D eigenvalue weighted by molar-refractivity contribution is -0.00593. The maximum Gasteiger partial charge on any atom is 0.407 e. The second-order valence-corrected chi connectivity index (χ2v) is 7.77. The van der Waals surface area contributed by atoms with Crippen molar-refractivity contribution >= 4 is 17.1 Å². The van der Waals surface area contributed by atoms with E-state index in [0.717, 1.165) is 18.2 Å². The van der Waals surface area contributed by atoms with Crippen LogP contribution in [0.25, 0.3) is 11.0 Å². The van der Waals surface area contributed by atoms with Crippen molar-refractivity contribution in [3.05, 3.63) is 18.0 Å². The summed E-state index contributed by atoms with van der Waals surface area (Å²) in [5.74, 6) is 2.57. The normalized spacial score (nSPS) is 20.3. The van der Waals surface area contributed by atoms with E-state index in [1.165, 1.54) is 4.90 Å². The molecule has 1 aliphatic rings. The van der Waals surface area contributed by atoms with Gasteiger partial charge in [-0.3, -0.25) is 4.90 Å². The van der Waals surface area contributed by atoms with Gasteiger partial charge >= 0.3 is 12.1 Å². The van der Waals surface area contributed by atoms with Crippen LogP contribution >= 0.6 is 0 Å². The SMILES string of the molecule is C#Cc1nc(OCC2(C(C)(C)C)CCCN2C(=O)O)nc2c1ccn2C. The number of nitrogens with zero attached hydrogens (tertiary/aromatic N) is 4. The minimum Gasteiger partial charge on any atom is -0.465 e. The van der Waals surface area contributed by atoms with Gasteiger partial charge in [-0.1, -0.05) is 20.8 Å². The first kappa shape index (κ1) is 18.1. The first-order chi connectivity index (χ1) is 12.2. The van der Waals surface area contributed by atoms with Gasteiger partial charge < -0.3 is 14.4 Å². The molecular weight excluding hydrogens is 332 g/mol. The number of carboxylic acid groups (broad SMARTS) is 1. The fourth-order valence-electron chi connectivity index (χ4n) is 3.78. The van der Waals surface area contributed by atoms with Gasteiger partial charge in [-0.25, -0.2) is 4.79 Å². The highest BCUT2D eigenvalue weighted by molar-refractivity contribution is 5.81. The van der Waals surface area contributed by atoms with E-state index in [2.05, 4.69) is 15.9 Å². The third-order valence-corrected chi connectivity index (χ3v) is 5.40. The first-order valence-corrected chi connectivity index (χ1v) is 8.63. The largest absolute Gasteiger partial charge is 0.465 e. The van der Waals surface area contributed by atoms with Crippen molar-refractivity contribution in [2.45, 2.75) is 39.2 Å². The Labute approximate surface area is 153 Å². The third kappa shape index (κ3) is 2.75. The van der Waals surface area contributed by atoms with Gasteiger partial charge in [0, 0.05) is 19.8 Å². The summed E-state index contributed by atoms with van der Waals surface area (Å²) in [6.07, 6.45) is 8.06. The predicted octanol–water partition coefficient (Wildman–Crippen LogP) is 2.89. The smallest absolute Gasteiger partial charge is 0.407 e. The summed E-state index contributed by atoms with van der Waals surface area (Å²) < 4.78 is 7.79. The molecule has 1 aliphatic heterocycles. The molecule has 0 aliphatic carbocycles. The zero-order chi connectivity index (χ0) is 19.1. The van der Waals surface area contributed by atoms with Gasteiger partial charge in [0.15, 0.2) is 0 Å². The van der Waals surface area contributed by atoms with Crippen molar-refractivity contribution in [1.82, 2.24) is 19.4 Å². The van der Waals surface area contributed by atoms with E-state index in [-0.39, 0.29) is 18.0 Å². The van der Waals surface area contributed by atoms with E-state index in [1.54, 1.807) is 0 Å². The van der Waals surface area contributed by atoms with Gasteiger partial charge in [0.2, 0.25) is 0 Å². The maximum absolute atomic E-state index is 11.8. The highest BCUT2D eigenvalue weighted by atomic mass is 16.5. The Morgan fingerprint density at radius 1 is 1.46 bits per heavy atom. The van der Waals surface area contributed by atoms with Crippen LogP contribution in [0.15, 0.2) is 12.3 Å². The van der Waals surface area contributed by atoms with Crippen molar-refractivity contribution in [3.8, 4) is 18.4 Å². The summed E-state index contributed by atoms with van der Waals surface area (Å²) in [5, 5.41) is 10.4. The molecule has 7 nitrogen and oxygen atoms in total. The molecule has 2 aromatic rings. The maximum atomic E-state index is 11.8. The summed E-state index contributed by atoms with van der Waals surface area (Å²) in [6, 6.07) is 2.04. The molecule has 0 spiro atoms. The zero-order valence-electron chi connectivity index (χ0n) is 15.6. The fourth-order valence-corrected chi connectivity index (χ4v) is 3.78. The van der Waals surface area contributed by atoms with Gasteiger partial charge in [-0.05, 0) is 30.2 Å². The van der Waals surface area contributed by atoms with Crippen LogP contribution in [0.5, 0.6) is 6.01 Å². The lowest BCUT2D eigenvalue weighted by Crippen LogP contribution is -2.59. The number of rotatable bonds is 3. The molecule has 3 rings (SSSR count). The van der Waals surface area contributed by atoms with Crippen LogP contribution in [-0.4, -0.2) is 49.3 Å². The number of fused-ring (bicyclic) bond motifs is 1. The molecule has 1 atom stereocenters. The van der Waals surface area contributed by atoms with Crippen LogP contribution in [0, 0.1) is 17.8 Å². The van der Waals surface area contributed by atoms with Crippen LogP contribution < -0.4 is 4.74 Å². The molecule has 138 valence electrons. The van der Waals surface area contributed by atoms with E-state index >= 15 is 0 Å². The molecular formula is C19H24N4O3. The predicted molar refractivity (Wildman–Crippen MR) is 98.1 cm³/mol. The van der Waals surface area contributed by atoms with Crippen LogP contribution in [0.2, 0.25) is 0 Å². The van der Waals surface area contributed by atoms with Crippen LogP contribution in [0.3, 0.4) is 0 Å². The molecule has 3 heterocycles. The number of terminal acetylenes is 1. The fraction of sp³-hybridized carbons (Fsp3) is 0.526. The number of carbonyl (C=O) groups is 1. The Bertz CT molecular complexity index is 891. The van der Waals surface area contributed by atoms with Gasteiger partial charge in [0.05, 0.1) is 10.9 Å². The average Bonchev–Trinajstić information content (AvgIpc) is 3.17. The van der Waals surface area contributed by atoms with Gasteiger partial charge in [-0.15, -0.1) is 6.42 Å². The molecule has 0 radical (unpaired) electrons. The Morgan fingerprint density at radius 3 is 2.81 bits per heavy atom. The molecule has 0 aromatic carbocycles. The number of hydrogen-bond acceptors (Lipinski definition) is 4. The highest BCUT2D eigenvalue weighted by Crippen LogP contribution is 2.44. The minimum absolute atomic E-state index is 0.174. The van der Waals surface area contributed by atoms with Crippen LogP contribution in [-0.2, 0) is 7.05 Å². The molecule has 1 amide bonds. The second kappa shape index (κ2) is 6.20. The van der Waals surface area contributed by atoms with Crippen molar-refractivity contribution in [3.63, 3.8) is 0 Å². The number of likely N-dealkylation sites (tertiary alicyclic amines) is 1. The molecule has 0 bridgehead atoms. The number of amides is 1. The molecule has 7 heteroatoms. The van der Waals surface area contributed by atoms with Gasteiger partial charge in [0.25, 0.3) is 0 Å². The number of aromatic nitrogens is 3. The van der Waals surface area contributed by atoms with E-state index in [1.807, 2.05) is 44.6 Å². The van der Waals surface area contributed by atoms with Crippen molar-refractivity contribution in [2.75, 3.05) is 13.2 Å². The quantitative estimate of drug-likeness (QED) is 0.856. The van der Waals surface area contributed by atoms with E-state index in [0.29, 0.717) is 17.9 Å². The zero-order valence-corrected chi connectivity index (χ0v) is 15.6. The standard InChI is InChI=1S/C19H24N4O3/c1-6-14-13-8-11-22(5)15(13)21-16(20-14)26-12-19(18(2,3)4)9-7-10-23(19)17(24)25/h1,8,11H,7,9-10,12H2,2-5H3,(H,24,25). The average molecular weight is 356 g/mol. The van der Waals surface area contributed by atoms with E-state index in [4.69, 9.17) is 11.2 Å². The van der Waals surface area contributed by atoms with Crippen molar-refractivity contribution in [1.29, 1.82) is 0 Å². The van der Waals surface area contributed by atoms with Crippen LogP contribution in [0.4, 0.5) is 4.79 Å². The van der Waals surface area contributed by atoms with Gasteiger partial charge in [-0.2, -0.15) is 9.97 Å². The molecule has 1 fully saturated rings. The molecule has 0 saturated carbocycles. The third-order valence-electron chi connectivity index (χ3n) is 5.40. The number of ether oxygens (including phenoxy) is 1. The Kier molecular flexibility index (Phi) is 4.31. The Balaban J connectivity index is 1.96. The molecule has 26 heavy (non-hydrogen) atoms. The first-order valence-electron chi connectivity index (χ1n) is 8.63. The summed E-state index contributed by atoms with van der Waals surface area (Å²) >= 11 is 0. The van der Waals surface area contributed by atoms with E-state index < -0.39 is 11.6 Å². The number of hydrogen-bond donors (Lipinski definition) is 1. The monoisotopic (exact) mass is 356 g/mol. The van der Waals surface area contributed by atoms with E-state index in [9.17, 15) is 9.90 Å². The van der Waals surface area contributed by atoms with Gasteiger partial charge in [0.1, 0.15) is 17.9 Å². The van der Waals surface area contributed by atoms with Crippen molar-refractivity contribution < 1.29 is 14.6 Å². The van der Waals surface area contributed by atoms with Crippen molar-refractivity contribution in [2.24, 2.45) is 12.5 Å². The second-order valence-electron chi connectivity index (χ2n) is 7.77.